The lowest BCUT2D eigenvalue weighted by molar-refractivity contribution is 0.0246. The molecule has 1 aliphatic rings. The summed E-state index contributed by atoms with van der Waals surface area (Å²) in [5.41, 5.74) is -0.669. The smallest absolute Gasteiger partial charge is 0.274 e. The van der Waals surface area contributed by atoms with Crippen molar-refractivity contribution >= 4 is 30.7 Å². The highest BCUT2D eigenvalue weighted by Gasteiger charge is 2.42. The standard InChI is InChI=1S/C17H17FN6O2.2ClH/c1-23-10-13(20-11-23)15(25)24-8-4-17(18,5-9-24)16-21-14(22-26-16)12-2-6-19-7-3-12;;/h2-3,6-7,10-11H,4-5,8-9H2,1H3;2*1H. The molecule has 28 heavy (non-hydrogen) atoms. The molecular weight excluding hydrogens is 410 g/mol. The maximum absolute atomic E-state index is 15.3. The van der Waals surface area contributed by atoms with Crippen molar-refractivity contribution in [2.24, 2.45) is 7.05 Å². The molecule has 1 fully saturated rings. The molecule has 3 aromatic heterocycles. The highest BCUT2D eigenvalue weighted by molar-refractivity contribution is 5.92. The number of imidazole rings is 1. The summed E-state index contributed by atoms with van der Waals surface area (Å²) in [6, 6.07) is 3.46. The van der Waals surface area contributed by atoms with Gasteiger partial charge in [0.25, 0.3) is 11.8 Å². The summed E-state index contributed by atoms with van der Waals surface area (Å²) >= 11 is 0. The fourth-order valence-electron chi connectivity index (χ4n) is 2.99. The van der Waals surface area contributed by atoms with Gasteiger partial charge in [0.1, 0.15) is 5.69 Å². The lowest BCUT2D eigenvalue weighted by Gasteiger charge is -2.33. The van der Waals surface area contributed by atoms with E-state index in [9.17, 15) is 4.79 Å². The molecule has 150 valence electrons. The third kappa shape index (κ3) is 4.15. The molecule has 1 saturated heterocycles. The van der Waals surface area contributed by atoms with Gasteiger partial charge in [-0.25, -0.2) is 9.37 Å². The van der Waals surface area contributed by atoms with E-state index >= 15 is 4.39 Å². The van der Waals surface area contributed by atoms with Gasteiger partial charge in [-0.1, -0.05) is 5.16 Å². The summed E-state index contributed by atoms with van der Waals surface area (Å²) in [5, 5.41) is 3.86. The zero-order chi connectivity index (χ0) is 18.1. The van der Waals surface area contributed by atoms with Crippen molar-refractivity contribution in [3.63, 3.8) is 0 Å². The molecular formula is C17H19Cl2FN6O2. The van der Waals surface area contributed by atoms with Crippen LogP contribution in [0.1, 0.15) is 29.2 Å². The Morgan fingerprint density at radius 2 is 1.89 bits per heavy atom. The summed E-state index contributed by atoms with van der Waals surface area (Å²) in [4.78, 5) is 26.2. The van der Waals surface area contributed by atoms with Gasteiger partial charge >= 0.3 is 0 Å². The molecule has 0 aromatic carbocycles. The number of aromatic nitrogens is 5. The number of amides is 1. The average molecular weight is 429 g/mol. The first-order valence-electron chi connectivity index (χ1n) is 8.26. The minimum absolute atomic E-state index is 0. The Kier molecular flexibility index (Phi) is 6.73. The van der Waals surface area contributed by atoms with Gasteiger partial charge < -0.3 is 14.0 Å². The largest absolute Gasteiger partial charge is 0.340 e. The van der Waals surface area contributed by atoms with Gasteiger partial charge in [-0.2, -0.15) is 4.98 Å². The normalized spacial score (nSPS) is 15.4. The van der Waals surface area contributed by atoms with Gasteiger partial charge in [0.05, 0.1) is 6.33 Å². The van der Waals surface area contributed by atoms with Crippen LogP contribution in [-0.4, -0.2) is 48.6 Å². The molecule has 1 aliphatic heterocycles. The van der Waals surface area contributed by atoms with E-state index in [0.717, 1.165) is 0 Å². The third-order valence-corrected chi connectivity index (χ3v) is 4.52. The lowest BCUT2D eigenvalue weighted by Crippen LogP contribution is -2.43. The Balaban J connectivity index is 0.00000140. The van der Waals surface area contributed by atoms with E-state index in [0.29, 0.717) is 17.1 Å². The zero-order valence-corrected chi connectivity index (χ0v) is 16.6. The van der Waals surface area contributed by atoms with Gasteiger partial charge in [-0.05, 0) is 12.1 Å². The van der Waals surface area contributed by atoms with Crippen LogP contribution in [0.5, 0.6) is 0 Å². The second kappa shape index (κ2) is 8.66. The maximum atomic E-state index is 15.3. The summed E-state index contributed by atoms with van der Waals surface area (Å²) in [7, 11) is 1.79. The van der Waals surface area contributed by atoms with Crippen LogP contribution in [0.2, 0.25) is 0 Å². The fraction of sp³-hybridized carbons (Fsp3) is 0.353. The number of likely N-dealkylation sites (tertiary alicyclic amines) is 1. The highest BCUT2D eigenvalue weighted by atomic mass is 35.5. The van der Waals surface area contributed by atoms with E-state index in [4.69, 9.17) is 4.52 Å². The number of piperidine rings is 1. The molecule has 8 nitrogen and oxygen atoms in total. The molecule has 4 heterocycles. The van der Waals surface area contributed by atoms with Gasteiger partial charge in [-0.3, -0.25) is 9.78 Å². The molecule has 4 rings (SSSR count). The Morgan fingerprint density at radius 3 is 2.50 bits per heavy atom. The summed E-state index contributed by atoms with van der Waals surface area (Å²) in [6.45, 7) is 0.526. The van der Waals surface area contributed by atoms with Gasteiger partial charge in [-0.15, -0.1) is 24.8 Å². The molecule has 1 amide bonds. The Morgan fingerprint density at radius 1 is 1.21 bits per heavy atom. The van der Waals surface area contributed by atoms with Crippen molar-refractivity contribution in [2.45, 2.75) is 18.5 Å². The topological polar surface area (TPSA) is 89.9 Å². The predicted molar refractivity (Wildman–Crippen MR) is 103 cm³/mol. The number of hydrogen-bond acceptors (Lipinski definition) is 6. The van der Waals surface area contributed by atoms with Crippen molar-refractivity contribution in [3.05, 3.63) is 48.6 Å². The van der Waals surface area contributed by atoms with Crippen molar-refractivity contribution < 1.29 is 13.7 Å². The number of alkyl halides is 1. The average Bonchev–Trinajstić information content (AvgIpc) is 3.32. The Bertz CT molecular complexity index is 925. The number of aryl methyl sites for hydroxylation is 1. The predicted octanol–water partition coefficient (Wildman–Crippen LogP) is 2.81. The highest BCUT2D eigenvalue weighted by Crippen LogP contribution is 2.37. The first kappa shape index (κ1) is 21.8. The number of carbonyl (C=O) groups excluding carboxylic acids is 1. The molecule has 0 saturated carbocycles. The third-order valence-electron chi connectivity index (χ3n) is 4.52. The molecule has 0 radical (unpaired) electrons. The van der Waals surface area contributed by atoms with Crippen LogP contribution in [0.4, 0.5) is 4.39 Å². The van der Waals surface area contributed by atoms with Crippen LogP contribution < -0.4 is 0 Å². The number of halogens is 3. The van der Waals surface area contributed by atoms with Gasteiger partial charge in [0, 0.05) is 57.1 Å². The monoisotopic (exact) mass is 428 g/mol. The SMILES string of the molecule is Cl.Cl.Cn1cnc(C(=O)N2CCC(F)(c3nc(-c4ccncc4)no3)CC2)c1. The van der Waals surface area contributed by atoms with E-state index in [1.807, 2.05) is 0 Å². The minimum Gasteiger partial charge on any atom is -0.340 e. The van der Waals surface area contributed by atoms with Crippen LogP contribution in [-0.2, 0) is 12.7 Å². The fourth-order valence-corrected chi connectivity index (χ4v) is 2.99. The van der Waals surface area contributed by atoms with E-state index in [2.05, 4.69) is 20.1 Å². The van der Waals surface area contributed by atoms with E-state index in [-0.39, 0.29) is 62.5 Å². The van der Waals surface area contributed by atoms with E-state index in [1.165, 1.54) is 0 Å². The van der Waals surface area contributed by atoms with Crippen molar-refractivity contribution in [1.29, 1.82) is 0 Å². The summed E-state index contributed by atoms with van der Waals surface area (Å²) in [6.07, 6.45) is 6.64. The molecule has 0 aliphatic carbocycles. The quantitative estimate of drug-likeness (QED) is 0.636. The number of pyridine rings is 1. The van der Waals surface area contributed by atoms with Crippen LogP contribution in [0, 0.1) is 0 Å². The minimum atomic E-state index is -1.74. The van der Waals surface area contributed by atoms with E-state index < -0.39 is 5.67 Å². The second-order valence-electron chi connectivity index (χ2n) is 6.34. The van der Waals surface area contributed by atoms with Crippen molar-refractivity contribution in [2.75, 3.05) is 13.1 Å². The summed E-state index contributed by atoms with van der Waals surface area (Å²) < 4.78 is 22.2. The second-order valence-corrected chi connectivity index (χ2v) is 6.34. The van der Waals surface area contributed by atoms with Gasteiger partial charge in [0.15, 0.2) is 5.67 Å². The van der Waals surface area contributed by atoms with E-state index in [1.54, 1.807) is 53.6 Å². The first-order valence-corrected chi connectivity index (χ1v) is 8.26. The number of carbonyl (C=O) groups is 1. The number of hydrogen-bond donors (Lipinski definition) is 0. The molecule has 0 bridgehead atoms. The molecule has 0 atom stereocenters. The van der Waals surface area contributed by atoms with Crippen LogP contribution in [0.25, 0.3) is 11.4 Å². The van der Waals surface area contributed by atoms with Crippen LogP contribution in [0.3, 0.4) is 0 Å². The Hall–Kier alpha value is -2.52. The van der Waals surface area contributed by atoms with Crippen molar-refractivity contribution in [3.8, 4) is 11.4 Å². The van der Waals surface area contributed by atoms with Crippen LogP contribution >= 0.6 is 24.8 Å². The molecule has 3 aromatic rings. The molecule has 0 spiro atoms. The van der Waals surface area contributed by atoms with Crippen molar-refractivity contribution in [1.82, 2.24) is 29.6 Å². The maximum Gasteiger partial charge on any atom is 0.274 e. The lowest BCUT2D eigenvalue weighted by atomic mass is 9.93. The zero-order valence-electron chi connectivity index (χ0n) is 15.0. The van der Waals surface area contributed by atoms with Crippen LogP contribution in [0.15, 0.2) is 41.6 Å². The molecule has 11 heteroatoms. The number of rotatable bonds is 3. The molecule has 0 unspecified atom stereocenters. The first-order chi connectivity index (χ1) is 12.5. The molecule has 0 N–H and O–H groups in total. The number of nitrogens with zero attached hydrogens (tertiary/aromatic N) is 6. The summed E-state index contributed by atoms with van der Waals surface area (Å²) in [5.74, 6) is 0.0799. The Labute approximate surface area is 173 Å². The van der Waals surface area contributed by atoms with Gasteiger partial charge in [0.2, 0.25) is 5.82 Å².